The number of rotatable bonds is 6. The third-order valence-electron chi connectivity index (χ3n) is 4.61. The minimum atomic E-state index is 0.764. The second-order valence-corrected chi connectivity index (χ2v) is 7.87. The fourth-order valence-corrected chi connectivity index (χ4v) is 3.45. The van der Waals surface area contributed by atoms with Crippen molar-refractivity contribution in [3.63, 3.8) is 0 Å². The zero-order valence-corrected chi connectivity index (χ0v) is 17.9. The first-order valence-electron chi connectivity index (χ1n) is 9.95. The van der Waals surface area contributed by atoms with Crippen LogP contribution >= 0.6 is 23.2 Å². The molecule has 0 bridgehead atoms. The van der Waals surface area contributed by atoms with E-state index in [9.17, 15) is 0 Å². The number of hydrogen-bond donors (Lipinski definition) is 0. The van der Waals surface area contributed by atoms with Gasteiger partial charge in [-0.05, 0) is 61.4 Å². The predicted molar refractivity (Wildman–Crippen MR) is 120 cm³/mol. The van der Waals surface area contributed by atoms with Crippen molar-refractivity contribution in [3.05, 3.63) is 70.1 Å². The summed E-state index contributed by atoms with van der Waals surface area (Å²) in [6.07, 6.45) is 6.77. The number of fused-ring (bicyclic) bond motifs is 2. The highest BCUT2D eigenvalue weighted by molar-refractivity contribution is 6.31. The van der Waals surface area contributed by atoms with Crippen LogP contribution in [0.2, 0.25) is 10.0 Å². The Bertz CT molecular complexity index is 946. The molecule has 0 N–H and O–H groups in total. The monoisotopic (exact) mass is 416 g/mol. The maximum Gasteiger partial charge on any atom is 0.134 e. The zero-order chi connectivity index (χ0) is 19.9. The molecule has 0 fully saturated rings. The first-order chi connectivity index (χ1) is 13.6. The maximum atomic E-state index is 5.89. The van der Waals surface area contributed by atoms with E-state index < -0.39 is 0 Å². The summed E-state index contributed by atoms with van der Waals surface area (Å²) in [4.78, 5) is 0. The van der Waals surface area contributed by atoms with Gasteiger partial charge in [-0.3, -0.25) is 0 Å². The van der Waals surface area contributed by atoms with Crippen molar-refractivity contribution in [1.82, 2.24) is 0 Å². The Morgan fingerprint density at radius 3 is 1.46 bits per heavy atom. The van der Waals surface area contributed by atoms with Crippen molar-refractivity contribution < 1.29 is 8.83 Å². The van der Waals surface area contributed by atoms with Gasteiger partial charge in [-0.2, -0.15) is 0 Å². The molecule has 2 heterocycles. The second-order valence-electron chi connectivity index (χ2n) is 7.00. The molecule has 28 heavy (non-hydrogen) atoms. The smallest absolute Gasteiger partial charge is 0.134 e. The molecule has 0 saturated heterocycles. The van der Waals surface area contributed by atoms with Gasteiger partial charge in [0.1, 0.15) is 22.7 Å². The molecule has 0 radical (unpaired) electrons. The van der Waals surface area contributed by atoms with E-state index in [0.717, 1.165) is 56.3 Å². The molecule has 0 aliphatic rings. The number of aryl methyl sites for hydroxylation is 2. The molecular formula is C24H26Cl2O2. The molecule has 2 aromatic carbocycles. The Morgan fingerprint density at radius 2 is 1.07 bits per heavy atom. The van der Waals surface area contributed by atoms with Crippen LogP contribution in [0.4, 0.5) is 0 Å². The Kier molecular flexibility index (Phi) is 7.47. The van der Waals surface area contributed by atoms with Gasteiger partial charge in [0.15, 0.2) is 0 Å². The van der Waals surface area contributed by atoms with E-state index in [1.807, 2.05) is 36.4 Å². The Balaban J connectivity index is 0.000000161. The molecule has 0 spiro atoms. The molecule has 0 unspecified atom stereocenters. The van der Waals surface area contributed by atoms with Crippen LogP contribution in [-0.4, -0.2) is 0 Å². The molecule has 2 nitrogen and oxygen atoms in total. The topological polar surface area (TPSA) is 26.3 Å². The number of unbranched alkanes of at least 4 members (excludes halogenated alkanes) is 2. The minimum absolute atomic E-state index is 0.764. The van der Waals surface area contributed by atoms with E-state index in [0.29, 0.717) is 0 Å². The third kappa shape index (κ3) is 5.56. The highest BCUT2D eigenvalue weighted by Gasteiger charge is 2.04. The van der Waals surface area contributed by atoms with Gasteiger partial charge in [-0.25, -0.2) is 0 Å². The highest BCUT2D eigenvalue weighted by atomic mass is 35.5. The average Bonchev–Trinajstić information content (AvgIpc) is 3.27. The van der Waals surface area contributed by atoms with Crippen LogP contribution in [0, 0.1) is 0 Å². The molecule has 0 aliphatic heterocycles. The van der Waals surface area contributed by atoms with Crippen molar-refractivity contribution in [2.45, 2.75) is 52.4 Å². The molecule has 4 rings (SSSR count). The first-order valence-corrected chi connectivity index (χ1v) is 10.7. The number of halogens is 2. The summed E-state index contributed by atoms with van der Waals surface area (Å²) < 4.78 is 11.3. The Labute approximate surface area is 176 Å². The molecule has 0 saturated carbocycles. The summed E-state index contributed by atoms with van der Waals surface area (Å²) in [7, 11) is 0. The first kappa shape index (κ1) is 20.8. The maximum absolute atomic E-state index is 5.89. The van der Waals surface area contributed by atoms with Gasteiger partial charge in [0, 0.05) is 33.7 Å². The van der Waals surface area contributed by atoms with Gasteiger partial charge in [0.2, 0.25) is 0 Å². The Morgan fingerprint density at radius 1 is 0.643 bits per heavy atom. The van der Waals surface area contributed by atoms with Crippen LogP contribution in [0.5, 0.6) is 0 Å². The van der Waals surface area contributed by atoms with E-state index in [2.05, 4.69) is 26.0 Å². The molecule has 2 aromatic heterocycles. The SMILES string of the molecule is CCCCc1cc2cc(Cl)ccc2o1.CCCCc1cc2cc(Cl)ccc2o1. The number of hydrogen-bond acceptors (Lipinski definition) is 2. The lowest BCUT2D eigenvalue weighted by Crippen LogP contribution is -1.78. The van der Waals surface area contributed by atoms with Crippen molar-refractivity contribution in [3.8, 4) is 0 Å². The second kappa shape index (κ2) is 10.0. The number of benzene rings is 2. The standard InChI is InChI=1S/2C12H13ClO/c2*1-2-3-4-11-8-9-7-10(13)5-6-12(9)14-11/h2*5-8H,2-4H2,1H3. The summed E-state index contributed by atoms with van der Waals surface area (Å²) in [5, 5.41) is 3.73. The van der Waals surface area contributed by atoms with E-state index in [4.69, 9.17) is 32.0 Å². The lowest BCUT2D eigenvalue weighted by Gasteiger charge is -1.91. The zero-order valence-electron chi connectivity index (χ0n) is 16.4. The molecule has 0 aliphatic carbocycles. The van der Waals surface area contributed by atoms with Gasteiger partial charge in [0.05, 0.1) is 0 Å². The lowest BCUT2D eigenvalue weighted by molar-refractivity contribution is 0.536. The molecule has 148 valence electrons. The van der Waals surface area contributed by atoms with Gasteiger partial charge < -0.3 is 8.83 Å². The minimum Gasteiger partial charge on any atom is -0.461 e. The molecule has 0 atom stereocenters. The summed E-state index contributed by atoms with van der Waals surface area (Å²) in [6.45, 7) is 4.36. The highest BCUT2D eigenvalue weighted by Crippen LogP contribution is 2.24. The van der Waals surface area contributed by atoms with Crippen LogP contribution in [-0.2, 0) is 12.8 Å². The van der Waals surface area contributed by atoms with Crippen LogP contribution in [0.3, 0.4) is 0 Å². The van der Waals surface area contributed by atoms with Crippen LogP contribution < -0.4 is 0 Å². The van der Waals surface area contributed by atoms with Gasteiger partial charge in [-0.1, -0.05) is 49.9 Å². The molecule has 4 heteroatoms. The fourth-order valence-electron chi connectivity index (χ4n) is 3.09. The quantitative estimate of drug-likeness (QED) is 0.313. The van der Waals surface area contributed by atoms with Crippen molar-refractivity contribution >= 4 is 45.1 Å². The largest absolute Gasteiger partial charge is 0.461 e. The van der Waals surface area contributed by atoms with Gasteiger partial charge in [0.25, 0.3) is 0 Å². The Hall–Kier alpha value is -1.90. The fraction of sp³-hybridized carbons (Fsp3) is 0.333. The third-order valence-corrected chi connectivity index (χ3v) is 5.08. The average molecular weight is 417 g/mol. The van der Waals surface area contributed by atoms with E-state index in [1.165, 1.54) is 25.7 Å². The van der Waals surface area contributed by atoms with E-state index in [-0.39, 0.29) is 0 Å². The summed E-state index contributed by atoms with van der Waals surface area (Å²) in [5.41, 5.74) is 1.86. The predicted octanol–water partition coefficient (Wildman–Crippen LogP) is 8.86. The van der Waals surface area contributed by atoms with Crippen LogP contribution in [0.25, 0.3) is 21.9 Å². The van der Waals surface area contributed by atoms with Gasteiger partial charge in [-0.15, -0.1) is 0 Å². The van der Waals surface area contributed by atoms with E-state index in [1.54, 1.807) is 0 Å². The molecule has 4 aromatic rings. The van der Waals surface area contributed by atoms with Crippen molar-refractivity contribution in [2.75, 3.05) is 0 Å². The van der Waals surface area contributed by atoms with Crippen LogP contribution in [0.15, 0.2) is 57.4 Å². The summed E-state index contributed by atoms with van der Waals surface area (Å²) >= 11 is 11.8. The van der Waals surface area contributed by atoms with Crippen molar-refractivity contribution in [1.29, 1.82) is 0 Å². The number of furan rings is 2. The van der Waals surface area contributed by atoms with Gasteiger partial charge >= 0.3 is 0 Å². The summed E-state index contributed by atoms with van der Waals surface area (Å²) in [6, 6.07) is 15.6. The van der Waals surface area contributed by atoms with E-state index >= 15 is 0 Å². The van der Waals surface area contributed by atoms with Crippen LogP contribution in [0.1, 0.15) is 51.1 Å². The van der Waals surface area contributed by atoms with Crippen molar-refractivity contribution in [2.24, 2.45) is 0 Å². The normalized spacial score (nSPS) is 11.0. The summed E-state index contributed by atoms with van der Waals surface area (Å²) in [5.74, 6) is 2.12. The molecule has 0 amide bonds. The molecular weight excluding hydrogens is 391 g/mol. The lowest BCUT2D eigenvalue weighted by atomic mass is 10.2.